The molecule has 104 valence electrons. The zero-order chi connectivity index (χ0) is 14.4. The summed E-state index contributed by atoms with van der Waals surface area (Å²) in [6.45, 7) is 1.29. The number of carbonyl (C=O) groups is 2. The smallest absolute Gasteiger partial charge is 0.269 e. The number of hydrogen-bond acceptors (Lipinski definition) is 5. The number of carbonyl (C=O) groups excluding carboxylic acids is 2. The fourth-order valence-electron chi connectivity index (χ4n) is 1.43. The molecule has 0 aliphatic heterocycles. The Morgan fingerprint density at radius 3 is 1.84 bits per heavy atom. The van der Waals surface area contributed by atoms with Crippen LogP contribution in [0.4, 0.5) is 0 Å². The van der Waals surface area contributed by atoms with Crippen molar-refractivity contribution < 1.29 is 23.8 Å². The summed E-state index contributed by atoms with van der Waals surface area (Å²) in [5.74, 6) is 0.237. The molecule has 19 heavy (non-hydrogen) atoms. The lowest BCUT2D eigenvalue weighted by atomic mass is 10.1. The van der Waals surface area contributed by atoms with E-state index in [4.69, 9.17) is 14.2 Å². The van der Waals surface area contributed by atoms with E-state index in [1.54, 1.807) is 0 Å². The Bertz CT molecular complexity index is 462. The van der Waals surface area contributed by atoms with Crippen LogP contribution in [0.1, 0.15) is 17.3 Å². The van der Waals surface area contributed by atoms with Crippen LogP contribution in [0.25, 0.3) is 0 Å². The monoisotopic (exact) mass is 268 g/mol. The van der Waals surface area contributed by atoms with Crippen LogP contribution in [0.15, 0.2) is 12.1 Å². The van der Waals surface area contributed by atoms with Crippen LogP contribution in [-0.4, -0.2) is 33.1 Å². The lowest BCUT2D eigenvalue weighted by molar-refractivity contribution is -0.119. The van der Waals surface area contributed by atoms with E-state index in [1.165, 1.54) is 40.4 Å². The molecule has 1 aromatic carbocycles. The summed E-state index contributed by atoms with van der Waals surface area (Å²) >= 11 is 0. The van der Waals surface area contributed by atoms with Gasteiger partial charge < -0.3 is 14.2 Å². The molecule has 2 amide bonds. The molecule has 0 aromatic heterocycles. The normalized spacial score (nSPS) is 9.47. The highest BCUT2D eigenvalue weighted by atomic mass is 16.5. The van der Waals surface area contributed by atoms with Gasteiger partial charge in [0.1, 0.15) is 0 Å². The molecule has 0 bridgehead atoms. The molecule has 7 nitrogen and oxygen atoms in total. The second-order valence-corrected chi connectivity index (χ2v) is 3.55. The van der Waals surface area contributed by atoms with Crippen LogP contribution in [-0.2, 0) is 4.79 Å². The first-order chi connectivity index (χ1) is 9.03. The van der Waals surface area contributed by atoms with Gasteiger partial charge >= 0.3 is 0 Å². The molecule has 0 aliphatic rings. The van der Waals surface area contributed by atoms with Crippen LogP contribution in [0.3, 0.4) is 0 Å². The quantitative estimate of drug-likeness (QED) is 0.776. The van der Waals surface area contributed by atoms with E-state index in [-0.39, 0.29) is 11.5 Å². The molecule has 0 aliphatic carbocycles. The maximum Gasteiger partial charge on any atom is 0.269 e. The highest BCUT2D eigenvalue weighted by Crippen LogP contribution is 2.38. The van der Waals surface area contributed by atoms with Crippen LogP contribution >= 0.6 is 0 Å². The highest BCUT2D eigenvalue weighted by Gasteiger charge is 2.16. The second-order valence-electron chi connectivity index (χ2n) is 3.55. The van der Waals surface area contributed by atoms with Gasteiger partial charge in [0.25, 0.3) is 5.91 Å². The van der Waals surface area contributed by atoms with Crippen LogP contribution in [0.2, 0.25) is 0 Å². The van der Waals surface area contributed by atoms with E-state index >= 15 is 0 Å². The molecule has 1 aromatic rings. The number of rotatable bonds is 4. The summed E-state index contributed by atoms with van der Waals surface area (Å²) in [6, 6.07) is 2.97. The predicted octanol–water partition coefficient (Wildman–Crippen LogP) is 0.493. The zero-order valence-electron chi connectivity index (χ0n) is 11.2. The molecular weight excluding hydrogens is 252 g/mol. The first kappa shape index (κ1) is 14.6. The van der Waals surface area contributed by atoms with Gasteiger partial charge in [-0.1, -0.05) is 0 Å². The van der Waals surface area contributed by atoms with Gasteiger partial charge in [0.2, 0.25) is 11.7 Å². The molecule has 2 N–H and O–H groups in total. The molecule has 0 fully saturated rings. The number of methoxy groups -OCH3 is 3. The molecule has 0 saturated heterocycles. The molecule has 0 spiro atoms. The number of benzene rings is 1. The van der Waals surface area contributed by atoms with Gasteiger partial charge in [0, 0.05) is 12.5 Å². The molecule has 7 heteroatoms. The third-order valence-corrected chi connectivity index (χ3v) is 2.28. The zero-order valence-corrected chi connectivity index (χ0v) is 11.2. The first-order valence-corrected chi connectivity index (χ1v) is 5.40. The molecular formula is C12H16N2O5. The number of amides is 2. The molecule has 0 saturated carbocycles. The van der Waals surface area contributed by atoms with Crippen molar-refractivity contribution in [3.8, 4) is 17.2 Å². The second kappa shape index (κ2) is 6.48. The van der Waals surface area contributed by atoms with Gasteiger partial charge in [-0.2, -0.15) is 0 Å². The summed E-state index contributed by atoms with van der Waals surface area (Å²) in [7, 11) is 4.37. The van der Waals surface area contributed by atoms with Gasteiger partial charge in [-0.3, -0.25) is 20.4 Å². The van der Waals surface area contributed by atoms with Crippen molar-refractivity contribution in [2.45, 2.75) is 6.92 Å². The summed E-state index contributed by atoms with van der Waals surface area (Å²) in [5.41, 5.74) is 4.71. The third-order valence-electron chi connectivity index (χ3n) is 2.28. The minimum Gasteiger partial charge on any atom is -0.493 e. The Hall–Kier alpha value is -2.44. The van der Waals surface area contributed by atoms with E-state index in [9.17, 15) is 9.59 Å². The first-order valence-electron chi connectivity index (χ1n) is 5.40. The van der Waals surface area contributed by atoms with Crippen molar-refractivity contribution in [1.82, 2.24) is 10.9 Å². The number of ether oxygens (including phenoxy) is 3. The van der Waals surface area contributed by atoms with E-state index in [0.29, 0.717) is 17.2 Å². The van der Waals surface area contributed by atoms with Crippen molar-refractivity contribution in [3.05, 3.63) is 17.7 Å². The highest BCUT2D eigenvalue weighted by molar-refractivity contribution is 5.96. The van der Waals surface area contributed by atoms with Gasteiger partial charge in [0.15, 0.2) is 11.5 Å². The Balaban J connectivity index is 3.08. The number of nitrogens with one attached hydrogen (secondary N) is 2. The van der Waals surface area contributed by atoms with Crippen molar-refractivity contribution in [3.63, 3.8) is 0 Å². The fourth-order valence-corrected chi connectivity index (χ4v) is 1.43. The van der Waals surface area contributed by atoms with Gasteiger partial charge in [0.05, 0.1) is 21.3 Å². The maximum atomic E-state index is 11.8. The molecule has 0 atom stereocenters. The van der Waals surface area contributed by atoms with E-state index in [2.05, 4.69) is 10.9 Å². The lowest BCUT2D eigenvalue weighted by Gasteiger charge is -2.14. The van der Waals surface area contributed by atoms with Crippen LogP contribution in [0, 0.1) is 0 Å². The lowest BCUT2D eigenvalue weighted by Crippen LogP contribution is -2.40. The third kappa shape index (κ3) is 3.51. The summed E-state index contributed by atoms with van der Waals surface area (Å²) in [6.07, 6.45) is 0. The standard InChI is InChI=1S/C12H16N2O5/c1-7(15)13-14-12(16)8-5-9(17-2)11(19-4)10(6-8)18-3/h5-6H,1-4H3,(H,13,15)(H,14,16). The molecule has 0 unspecified atom stereocenters. The van der Waals surface area contributed by atoms with E-state index in [1.807, 2.05) is 0 Å². The average molecular weight is 268 g/mol. The Morgan fingerprint density at radius 2 is 1.47 bits per heavy atom. The largest absolute Gasteiger partial charge is 0.493 e. The minimum absolute atomic E-state index is 0.267. The Morgan fingerprint density at radius 1 is 0.947 bits per heavy atom. The van der Waals surface area contributed by atoms with Gasteiger partial charge in [-0.25, -0.2) is 0 Å². The minimum atomic E-state index is -0.491. The van der Waals surface area contributed by atoms with Crippen LogP contribution < -0.4 is 25.1 Å². The van der Waals surface area contributed by atoms with E-state index in [0.717, 1.165) is 0 Å². The van der Waals surface area contributed by atoms with Crippen molar-refractivity contribution in [2.24, 2.45) is 0 Å². The Labute approximate surface area is 110 Å². The maximum absolute atomic E-state index is 11.8. The average Bonchev–Trinajstić information content (AvgIpc) is 2.42. The van der Waals surface area contributed by atoms with Crippen molar-refractivity contribution in [2.75, 3.05) is 21.3 Å². The Kier molecular flexibility index (Phi) is 4.99. The topological polar surface area (TPSA) is 85.9 Å². The molecule has 0 radical (unpaired) electrons. The van der Waals surface area contributed by atoms with Gasteiger partial charge in [-0.05, 0) is 12.1 Å². The summed E-state index contributed by atoms with van der Waals surface area (Å²) < 4.78 is 15.4. The summed E-state index contributed by atoms with van der Waals surface area (Å²) in [4.78, 5) is 22.5. The van der Waals surface area contributed by atoms with Crippen molar-refractivity contribution in [1.29, 1.82) is 0 Å². The van der Waals surface area contributed by atoms with Gasteiger partial charge in [-0.15, -0.1) is 0 Å². The number of hydrogen-bond donors (Lipinski definition) is 2. The predicted molar refractivity (Wildman–Crippen MR) is 67.4 cm³/mol. The number of hydrazine groups is 1. The van der Waals surface area contributed by atoms with E-state index < -0.39 is 5.91 Å². The van der Waals surface area contributed by atoms with Crippen molar-refractivity contribution >= 4 is 11.8 Å². The summed E-state index contributed by atoms with van der Waals surface area (Å²) in [5, 5.41) is 0. The van der Waals surface area contributed by atoms with Crippen LogP contribution in [0.5, 0.6) is 17.2 Å². The molecule has 1 rings (SSSR count). The SMILES string of the molecule is COc1cc(C(=O)NNC(C)=O)cc(OC)c1OC. The fraction of sp³-hybridized carbons (Fsp3) is 0.333. The molecule has 0 heterocycles.